The molecule has 1 aliphatic heterocycles. The van der Waals surface area contributed by atoms with Crippen LogP contribution in [-0.2, 0) is 11.2 Å². The lowest BCUT2D eigenvalue weighted by atomic mass is 9.53. The molecule has 5 atom stereocenters. The van der Waals surface area contributed by atoms with Crippen molar-refractivity contribution in [3.05, 3.63) is 28.8 Å². The third-order valence-corrected chi connectivity index (χ3v) is 8.70. The maximum absolute atomic E-state index is 11.8. The van der Waals surface area contributed by atoms with Gasteiger partial charge >= 0.3 is 0 Å². The van der Waals surface area contributed by atoms with Crippen molar-refractivity contribution < 1.29 is 14.3 Å². The predicted molar refractivity (Wildman–Crippen MR) is 104 cm³/mol. The second-order valence-electron chi connectivity index (χ2n) is 9.47. The monoisotopic (exact) mass is 369 g/mol. The number of ether oxygens (including phenoxy) is 2. The molecule has 2 N–H and O–H groups in total. The SMILES string of the molecule is COc1cc2c(cc1C(N)=O)CCC1C2CCC2(C)C1CCC21CCCO1. The number of methoxy groups -OCH3 is 1. The van der Waals surface area contributed by atoms with E-state index in [0.29, 0.717) is 22.6 Å². The van der Waals surface area contributed by atoms with Gasteiger partial charge in [0.2, 0.25) is 0 Å². The zero-order chi connectivity index (χ0) is 18.8. The number of carbonyl (C=O) groups excluding carboxylic acids is 1. The van der Waals surface area contributed by atoms with Gasteiger partial charge in [-0.15, -0.1) is 0 Å². The second-order valence-corrected chi connectivity index (χ2v) is 9.47. The Balaban J connectivity index is 1.52. The van der Waals surface area contributed by atoms with E-state index in [1.807, 2.05) is 6.07 Å². The molecule has 1 aromatic rings. The topological polar surface area (TPSA) is 61.5 Å². The summed E-state index contributed by atoms with van der Waals surface area (Å²) in [6, 6.07) is 4.11. The first kappa shape index (κ1) is 17.5. The highest BCUT2D eigenvalue weighted by atomic mass is 16.5. The number of aryl methyl sites for hydroxylation is 1. The number of primary amides is 1. The van der Waals surface area contributed by atoms with Gasteiger partial charge in [-0.2, -0.15) is 0 Å². The fraction of sp³-hybridized carbons (Fsp3) is 0.696. The van der Waals surface area contributed by atoms with Crippen LogP contribution in [0.25, 0.3) is 0 Å². The minimum atomic E-state index is -0.399. The molecule has 27 heavy (non-hydrogen) atoms. The van der Waals surface area contributed by atoms with Crippen LogP contribution in [0, 0.1) is 17.3 Å². The summed E-state index contributed by atoms with van der Waals surface area (Å²) in [5.41, 5.74) is 9.29. The van der Waals surface area contributed by atoms with Crippen LogP contribution >= 0.6 is 0 Å². The molecule has 1 amide bonds. The summed E-state index contributed by atoms with van der Waals surface area (Å²) in [4.78, 5) is 11.8. The van der Waals surface area contributed by atoms with Gasteiger partial charge in [0.25, 0.3) is 5.91 Å². The molecule has 0 bridgehead atoms. The number of benzene rings is 1. The third kappa shape index (κ3) is 2.28. The van der Waals surface area contributed by atoms with Gasteiger partial charge in [0.05, 0.1) is 18.3 Å². The number of rotatable bonds is 2. The summed E-state index contributed by atoms with van der Waals surface area (Å²) in [5.74, 6) is 2.30. The van der Waals surface area contributed by atoms with Crippen molar-refractivity contribution in [2.24, 2.45) is 23.0 Å². The van der Waals surface area contributed by atoms with Gasteiger partial charge in [-0.25, -0.2) is 0 Å². The minimum Gasteiger partial charge on any atom is -0.496 e. The average molecular weight is 370 g/mol. The van der Waals surface area contributed by atoms with Gasteiger partial charge in [-0.05, 0) is 97.8 Å². The standard InChI is InChI=1S/C23H31NO3/c1-22-9-6-15-16(19(22)7-10-23(22)8-3-11-27-23)5-4-14-12-18(21(24)25)20(26-2)13-17(14)15/h12-13,15-16,19H,3-11H2,1-2H3,(H2,24,25). The van der Waals surface area contributed by atoms with Crippen molar-refractivity contribution in [1.29, 1.82) is 0 Å². The lowest BCUT2D eigenvalue weighted by Gasteiger charge is -2.53. The van der Waals surface area contributed by atoms with E-state index in [4.69, 9.17) is 15.2 Å². The lowest BCUT2D eigenvalue weighted by molar-refractivity contribution is -0.114. The van der Waals surface area contributed by atoms with Crippen molar-refractivity contribution in [2.45, 2.75) is 69.8 Å². The Morgan fingerprint density at radius 2 is 2.07 bits per heavy atom. The fourth-order valence-corrected chi connectivity index (χ4v) is 7.40. The molecule has 1 spiro atoms. The van der Waals surface area contributed by atoms with E-state index in [9.17, 15) is 4.79 Å². The van der Waals surface area contributed by atoms with E-state index in [2.05, 4.69) is 13.0 Å². The molecule has 2 saturated carbocycles. The van der Waals surface area contributed by atoms with E-state index in [-0.39, 0.29) is 5.60 Å². The molecular weight excluding hydrogens is 338 g/mol. The number of amides is 1. The van der Waals surface area contributed by atoms with Crippen LogP contribution < -0.4 is 10.5 Å². The quantitative estimate of drug-likeness (QED) is 0.850. The Labute approximate surface area is 161 Å². The van der Waals surface area contributed by atoms with Crippen molar-refractivity contribution >= 4 is 5.91 Å². The Morgan fingerprint density at radius 3 is 2.78 bits per heavy atom. The highest BCUT2D eigenvalue weighted by Gasteiger charge is 2.63. The molecule has 146 valence electrons. The summed E-state index contributed by atoms with van der Waals surface area (Å²) in [6.07, 6.45) is 9.76. The zero-order valence-electron chi connectivity index (χ0n) is 16.6. The van der Waals surface area contributed by atoms with Gasteiger partial charge in [-0.1, -0.05) is 6.92 Å². The number of fused-ring (bicyclic) bond motifs is 6. The Bertz CT molecular complexity index is 782. The molecule has 1 saturated heterocycles. The maximum atomic E-state index is 11.8. The fourth-order valence-electron chi connectivity index (χ4n) is 7.40. The molecule has 1 heterocycles. The Hall–Kier alpha value is -1.55. The molecule has 3 aliphatic carbocycles. The number of hydrogen-bond acceptors (Lipinski definition) is 3. The average Bonchev–Trinajstić information content (AvgIpc) is 3.26. The van der Waals surface area contributed by atoms with E-state index in [0.717, 1.165) is 24.9 Å². The van der Waals surface area contributed by atoms with E-state index in [1.165, 1.54) is 56.1 Å². The molecule has 1 aromatic carbocycles. The van der Waals surface area contributed by atoms with Gasteiger partial charge in [0.15, 0.2) is 0 Å². The summed E-state index contributed by atoms with van der Waals surface area (Å²) >= 11 is 0. The first-order chi connectivity index (χ1) is 13.0. The van der Waals surface area contributed by atoms with E-state index in [1.54, 1.807) is 7.11 Å². The van der Waals surface area contributed by atoms with E-state index < -0.39 is 5.91 Å². The zero-order valence-corrected chi connectivity index (χ0v) is 16.6. The highest BCUT2D eigenvalue weighted by Crippen LogP contribution is 2.67. The van der Waals surface area contributed by atoms with Gasteiger partial charge in [0.1, 0.15) is 5.75 Å². The first-order valence-corrected chi connectivity index (χ1v) is 10.6. The van der Waals surface area contributed by atoms with Crippen molar-refractivity contribution in [2.75, 3.05) is 13.7 Å². The van der Waals surface area contributed by atoms with Crippen LogP contribution in [0.3, 0.4) is 0 Å². The van der Waals surface area contributed by atoms with Crippen LogP contribution in [0.5, 0.6) is 5.75 Å². The smallest absolute Gasteiger partial charge is 0.252 e. The lowest BCUT2D eigenvalue weighted by Crippen LogP contribution is -2.50. The molecule has 5 unspecified atom stereocenters. The molecule has 4 nitrogen and oxygen atoms in total. The number of carbonyl (C=O) groups is 1. The summed E-state index contributed by atoms with van der Waals surface area (Å²) < 4.78 is 11.9. The summed E-state index contributed by atoms with van der Waals surface area (Å²) in [7, 11) is 1.63. The molecular formula is C23H31NO3. The highest BCUT2D eigenvalue weighted by molar-refractivity contribution is 5.96. The van der Waals surface area contributed by atoms with Crippen molar-refractivity contribution in [1.82, 2.24) is 0 Å². The molecule has 4 heteroatoms. The predicted octanol–water partition coefficient (Wildman–Crippen LogP) is 4.20. The maximum Gasteiger partial charge on any atom is 0.252 e. The van der Waals surface area contributed by atoms with Crippen LogP contribution in [0.15, 0.2) is 12.1 Å². The summed E-state index contributed by atoms with van der Waals surface area (Å²) in [6.45, 7) is 3.48. The molecule has 4 aliphatic rings. The number of hydrogen-bond donors (Lipinski definition) is 1. The Morgan fingerprint density at radius 1 is 1.22 bits per heavy atom. The van der Waals surface area contributed by atoms with Gasteiger partial charge in [0, 0.05) is 6.61 Å². The normalized spacial score (nSPS) is 39.7. The largest absolute Gasteiger partial charge is 0.496 e. The van der Waals surface area contributed by atoms with Crippen LogP contribution in [0.4, 0.5) is 0 Å². The molecule has 0 aromatic heterocycles. The summed E-state index contributed by atoms with van der Waals surface area (Å²) in [5, 5.41) is 0. The van der Waals surface area contributed by atoms with Crippen molar-refractivity contribution in [3.8, 4) is 5.75 Å². The minimum absolute atomic E-state index is 0.149. The second kappa shape index (κ2) is 5.97. The molecule has 3 fully saturated rings. The van der Waals surface area contributed by atoms with Gasteiger partial charge < -0.3 is 15.2 Å². The van der Waals surface area contributed by atoms with E-state index >= 15 is 0 Å². The van der Waals surface area contributed by atoms with Crippen molar-refractivity contribution in [3.63, 3.8) is 0 Å². The molecule has 5 rings (SSSR count). The van der Waals surface area contributed by atoms with Crippen LogP contribution in [0.2, 0.25) is 0 Å². The Kier molecular flexibility index (Phi) is 3.88. The van der Waals surface area contributed by atoms with Gasteiger partial charge in [-0.3, -0.25) is 4.79 Å². The van der Waals surface area contributed by atoms with Crippen LogP contribution in [-0.4, -0.2) is 25.2 Å². The third-order valence-electron chi connectivity index (χ3n) is 8.70. The number of nitrogens with two attached hydrogens (primary N) is 1. The molecule has 0 radical (unpaired) electrons. The first-order valence-electron chi connectivity index (χ1n) is 10.6. The van der Waals surface area contributed by atoms with Crippen LogP contribution in [0.1, 0.15) is 79.3 Å².